The Balaban J connectivity index is 0.00000256. The molecule has 0 bridgehead atoms. The molecule has 1 heterocycles. The largest absolute Gasteiger partial charge is 0.302 e. The van der Waals surface area contributed by atoms with E-state index in [1.807, 2.05) is 29.2 Å². The summed E-state index contributed by atoms with van der Waals surface area (Å²) in [4.78, 5) is 22.6. The van der Waals surface area contributed by atoms with E-state index in [-0.39, 0.29) is 18.3 Å². The molecule has 4 rings (SSSR count). The number of likely N-dealkylation sites (N-methyl/N-ethyl adjacent to an activating group) is 1. The fourth-order valence-corrected chi connectivity index (χ4v) is 5.05. The van der Waals surface area contributed by atoms with Crippen LogP contribution in [0.5, 0.6) is 0 Å². The van der Waals surface area contributed by atoms with Crippen LogP contribution in [0, 0.1) is 0 Å². The monoisotopic (exact) mass is 443 g/mol. The fourth-order valence-electron chi connectivity index (χ4n) is 4.06. The third kappa shape index (κ3) is 4.85. The van der Waals surface area contributed by atoms with Crippen LogP contribution >= 0.6 is 23.7 Å². The highest BCUT2D eigenvalue weighted by Crippen LogP contribution is 2.30. The summed E-state index contributed by atoms with van der Waals surface area (Å²) in [5.41, 5.74) is 4.49. The number of rotatable bonds is 7. The Morgan fingerprint density at radius 1 is 1.00 bits per heavy atom. The first-order valence-electron chi connectivity index (χ1n) is 10.7. The molecule has 4 nitrogen and oxygen atoms in total. The van der Waals surface area contributed by atoms with Gasteiger partial charge in [0.2, 0.25) is 0 Å². The molecule has 1 aromatic heterocycles. The van der Waals surface area contributed by atoms with Gasteiger partial charge in [0.1, 0.15) is 0 Å². The van der Waals surface area contributed by atoms with Crippen LogP contribution in [-0.4, -0.2) is 42.0 Å². The van der Waals surface area contributed by atoms with Crippen molar-refractivity contribution < 1.29 is 4.79 Å². The highest BCUT2D eigenvalue weighted by Gasteiger charge is 2.23. The molecule has 1 amide bonds. The average Bonchev–Trinajstić information content (AvgIpc) is 3.20. The van der Waals surface area contributed by atoms with E-state index in [4.69, 9.17) is 4.98 Å². The highest BCUT2D eigenvalue weighted by atomic mass is 35.5. The second-order valence-electron chi connectivity index (χ2n) is 7.64. The summed E-state index contributed by atoms with van der Waals surface area (Å²) in [7, 11) is 0. The van der Waals surface area contributed by atoms with Crippen molar-refractivity contribution in [2.45, 2.75) is 39.5 Å². The number of carbonyl (C=O) groups excluding carboxylic acids is 1. The number of hydrogen-bond acceptors (Lipinski definition) is 4. The minimum Gasteiger partial charge on any atom is -0.302 e. The first-order chi connectivity index (χ1) is 14.2. The van der Waals surface area contributed by atoms with Gasteiger partial charge in [-0.25, -0.2) is 4.98 Å². The van der Waals surface area contributed by atoms with E-state index >= 15 is 0 Å². The van der Waals surface area contributed by atoms with E-state index < -0.39 is 0 Å². The van der Waals surface area contributed by atoms with Gasteiger partial charge in [0.25, 0.3) is 5.91 Å². The highest BCUT2D eigenvalue weighted by molar-refractivity contribution is 7.22. The lowest BCUT2D eigenvalue weighted by molar-refractivity contribution is 0.0983. The molecule has 0 N–H and O–H groups in total. The molecule has 3 aromatic rings. The molecular weight excluding hydrogens is 414 g/mol. The van der Waals surface area contributed by atoms with Gasteiger partial charge in [-0.3, -0.25) is 9.69 Å². The summed E-state index contributed by atoms with van der Waals surface area (Å²) in [6.07, 6.45) is 4.68. The van der Waals surface area contributed by atoms with Gasteiger partial charge in [0.15, 0.2) is 5.13 Å². The number of aryl methyl sites for hydroxylation is 2. The number of aromatic nitrogens is 1. The Labute approximate surface area is 189 Å². The van der Waals surface area contributed by atoms with Crippen LogP contribution < -0.4 is 4.90 Å². The number of benzene rings is 2. The van der Waals surface area contributed by atoms with E-state index in [9.17, 15) is 4.79 Å². The molecule has 0 saturated heterocycles. The number of halogens is 1. The van der Waals surface area contributed by atoms with Gasteiger partial charge in [-0.2, -0.15) is 0 Å². The summed E-state index contributed by atoms with van der Waals surface area (Å²) >= 11 is 1.60. The van der Waals surface area contributed by atoms with Crippen LogP contribution in [0.15, 0.2) is 42.5 Å². The molecule has 0 unspecified atom stereocenters. The van der Waals surface area contributed by atoms with Crippen LogP contribution in [0.1, 0.15) is 48.2 Å². The summed E-state index contributed by atoms with van der Waals surface area (Å²) < 4.78 is 1.12. The molecule has 0 saturated carbocycles. The maximum Gasteiger partial charge on any atom is 0.260 e. The van der Waals surface area contributed by atoms with Crippen molar-refractivity contribution in [1.29, 1.82) is 0 Å². The Hall–Kier alpha value is -1.95. The first kappa shape index (κ1) is 22.7. The van der Waals surface area contributed by atoms with Crippen molar-refractivity contribution in [1.82, 2.24) is 9.88 Å². The molecule has 2 aromatic carbocycles. The van der Waals surface area contributed by atoms with Crippen molar-refractivity contribution in [3.05, 3.63) is 59.2 Å². The predicted molar refractivity (Wildman–Crippen MR) is 129 cm³/mol. The number of amides is 1. The normalized spacial score (nSPS) is 13.2. The maximum atomic E-state index is 13.6. The van der Waals surface area contributed by atoms with E-state index in [1.54, 1.807) is 11.3 Å². The van der Waals surface area contributed by atoms with Gasteiger partial charge in [0, 0.05) is 18.7 Å². The molecule has 1 aliphatic rings. The Morgan fingerprint density at radius 2 is 1.73 bits per heavy atom. The van der Waals surface area contributed by atoms with Gasteiger partial charge < -0.3 is 4.90 Å². The van der Waals surface area contributed by atoms with Crippen molar-refractivity contribution in [2.24, 2.45) is 0 Å². The lowest BCUT2D eigenvalue weighted by atomic mass is 9.90. The minimum absolute atomic E-state index is 0. The van der Waals surface area contributed by atoms with Gasteiger partial charge in [-0.15, -0.1) is 12.4 Å². The van der Waals surface area contributed by atoms with Gasteiger partial charge in [-0.1, -0.05) is 43.4 Å². The van der Waals surface area contributed by atoms with Crippen molar-refractivity contribution >= 4 is 45.0 Å². The Kier molecular flexibility index (Phi) is 7.87. The zero-order chi connectivity index (χ0) is 20.2. The zero-order valence-electron chi connectivity index (χ0n) is 17.8. The Bertz CT molecular complexity index is 966. The second-order valence-corrected chi connectivity index (χ2v) is 8.65. The number of thiazole rings is 1. The van der Waals surface area contributed by atoms with E-state index in [2.05, 4.69) is 36.9 Å². The molecule has 0 radical (unpaired) electrons. The smallest absolute Gasteiger partial charge is 0.260 e. The molecule has 6 heteroatoms. The third-order valence-corrected chi connectivity index (χ3v) is 6.95. The first-order valence-corrected chi connectivity index (χ1v) is 11.5. The number of para-hydroxylation sites is 1. The van der Waals surface area contributed by atoms with Gasteiger partial charge in [0.05, 0.1) is 10.2 Å². The summed E-state index contributed by atoms with van der Waals surface area (Å²) in [6, 6.07) is 14.4. The second kappa shape index (κ2) is 10.4. The zero-order valence-corrected chi connectivity index (χ0v) is 19.4. The van der Waals surface area contributed by atoms with Crippen LogP contribution in [0.25, 0.3) is 10.2 Å². The third-order valence-electron chi connectivity index (χ3n) is 5.89. The molecule has 0 fully saturated rings. The quantitative estimate of drug-likeness (QED) is 0.477. The number of fused-ring (bicyclic) bond motifs is 2. The number of anilines is 1. The summed E-state index contributed by atoms with van der Waals surface area (Å²) in [5.74, 6) is 0.0598. The van der Waals surface area contributed by atoms with Crippen molar-refractivity contribution in [3.8, 4) is 0 Å². The molecule has 160 valence electrons. The van der Waals surface area contributed by atoms with E-state index in [0.717, 1.165) is 53.4 Å². The average molecular weight is 444 g/mol. The maximum absolute atomic E-state index is 13.6. The SMILES string of the molecule is CCN(CC)CCN(C(=O)c1ccc2c(c1)CCCC2)c1nc2ccccc2s1.Cl. The molecular formula is C24H30ClN3OS. The minimum atomic E-state index is 0. The number of nitrogens with zero attached hydrogens (tertiary/aromatic N) is 3. The molecule has 0 atom stereocenters. The lowest BCUT2D eigenvalue weighted by Crippen LogP contribution is -2.39. The number of carbonyl (C=O) groups is 1. The van der Waals surface area contributed by atoms with Gasteiger partial charge in [-0.05, 0) is 74.2 Å². The van der Waals surface area contributed by atoms with Crippen LogP contribution in [0.2, 0.25) is 0 Å². The summed E-state index contributed by atoms with van der Waals surface area (Å²) in [5, 5.41) is 0.793. The van der Waals surface area contributed by atoms with E-state index in [0.29, 0.717) is 6.54 Å². The lowest BCUT2D eigenvalue weighted by Gasteiger charge is -2.25. The predicted octanol–water partition coefficient (Wildman–Crippen LogP) is 5.59. The van der Waals surface area contributed by atoms with Gasteiger partial charge >= 0.3 is 0 Å². The fraction of sp³-hybridized carbons (Fsp3) is 0.417. The summed E-state index contributed by atoms with van der Waals surface area (Å²) in [6.45, 7) is 7.79. The van der Waals surface area contributed by atoms with E-state index in [1.165, 1.54) is 24.0 Å². The van der Waals surface area contributed by atoms with Crippen LogP contribution in [-0.2, 0) is 12.8 Å². The molecule has 1 aliphatic carbocycles. The molecule has 0 aliphatic heterocycles. The van der Waals surface area contributed by atoms with Crippen LogP contribution in [0.4, 0.5) is 5.13 Å². The number of hydrogen-bond donors (Lipinski definition) is 0. The van der Waals surface area contributed by atoms with Crippen LogP contribution in [0.3, 0.4) is 0 Å². The molecule has 0 spiro atoms. The standard InChI is InChI=1S/C24H29N3OS.ClH/c1-3-26(4-2)15-16-27(24-25-21-11-7-8-12-22(21)29-24)23(28)20-14-13-18-9-5-6-10-19(18)17-20;/h7-8,11-14,17H,3-6,9-10,15-16H2,1-2H3;1H. The topological polar surface area (TPSA) is 36.4 Å². The Morgan fingerprint density at radius 3 is 2.47 bits per heavy atom. The molecule has 30 heavy (non-hydrogen) atoms. The van der Waals surface area contributed by atoms with Crippen molar-refractivity contribution in [3.63, 3.8) is 0 Å². The van der Waals surface area contributed by atoms with Crippen molar-refractivity contribution in [2.75, 3.05) is 31.1 Å².